The van der Waals surface area contributed by atoms with E-state index in [1.807, 2.05) is 6.92 Å². The molecule has 0 fully saturated rings. The Morgan fingerprint density at radius 1 is 1.41 bits per heavy atom. The smallest absolute Gasteiger partial charge is 0.212 e. The fourth-order valence-electron chi connectivity index (χ4n) is 1.20. The van der Waals surface area contributed by atoms with Gasteiger partial charge in [0.1, 0.15) is 0 Å². The molecule has 0 saturated carbocycles. The summed E-state index contributed by atoms with van der Waals surface area (Å²) >= 11 is 0. The zero-order valence-corrected chi connectivity index (χ0v) is 10.4. The van der Waals surface area contributed by atoms with Gasteiger partial charge in [-0.25, -0.2) is 13.1 Å². The van der Waals surface area contributed by atoms with Crippen LogP contribution in [0.5, 0.6) is 0 Å². The number of sulfonamides is 1. The summed E-state index contributed by atoms with van der Waals surface area (Å²) in [4.78, 5) is 0. The van der Waals surface area contributed by atoms with Crippen molar-refractivity contribution in [3.63, 3.8) is 0 Å². The zero-order chi connectivity index (χ0) is 13.5. The lowest BCUT2D eigenvalue weighted by Crippen LogP contribution is -2.35. The van der Waals surface area contributed by atoms with E-state index in [1.165, 1.54) is 0 Å². The molecule has 0 aliphatic heterocycles. The second-order valence-electron chi connectivity index (χ2n) is 3.66. The van der Waals surface area contributed by atoms with E-state index in [0.717, 1.165) is 0 Å². The Morgan fingerprint density at radius 2 is 2.00 bits per heavy atom. The average Bonchev–Trinajstić information content (AvgIpc) is 2.14. The summed E-state index contributed by atoms with van der Waals surface area (Å²) in [5.74, 6) is 1.69. The molecule has 1 atom stereocenters. The maximum atomic E-state index is 11.8. The summed E-state index contributed by atoms with van der Waals surface area (Å²) in [5.41, 5.74) is 0. The molecule has 1 N–H and O–H groups in total. The second-order valence-corrected chi connectivity index (χ2v) is 5.54. The molecule has 0 aliphatic rings. The molecule has 0 radical (unpaired) electrons. The molecule has 7 heteroatoms. The van der Waals surface area contributed by atoms with Gasteiger partial charge < -0.3 is 0 Å². The first-order valence-electron chi connectivity index (χ1n) is 5.23. The van der Waals surface area contributed by atoms with Gasteiger partial charge in [0, 0.05) is 6.42 Å². The van der Waals surface area contributed by atoms with Crippen LogP contribution in [-0.4, -0.2) is 26.4 Å². The fraction of sp³-hybridized carbons (Fsp3) is 0.800. The minimum absolute atomic E-state index is 0.456. The normalized spacial score (nSPS) is 14.3. The van der Waals surface area contributed by atoms with Gasteiger partial charge in [0.25, 0.3) is 0 Å². The summed E-state index contributed by atoms with van der Waals surface area (Å²) < 4.78 is 60.5. The Balaban J connectivity index is 4.17. The molecule has 0 aromatic rings. The molecule has 0 aromatic carbocycles. The van der Waals surface area contributed by atoms with E-state index in [-0.39, 0.29) is 0 Å². The summed E-state index contributed by atoms with van der Waals surface area (Å²) in [6, 6.07) is -0.643. The lowest BCUT2D eigenvalue weighted by atomic mass is 10.2. The highest BCUT2D eigenvalue weighted by Crippen LogP contribution is 2.21. The Kier molecular flexibility index (Phi) is 6.57. The van der Waals surface area contributed by atoms with E-state index in [2.05, 4.69) is 10.6 Å². The molecule has 0 bridgehead atoms. The zero-order valence-electron chi connectivity index (χ0n) is 9.55. The molecule has 0 amide bonds. The first kappa shape index (κ1) is 16.3. The van der Waals surface area contributed by atoms with Crippen molar-refractivity contribution < 1.29 is 21.6 Å². The minimum atomic E-state index is -4.33. The number of halogens is 3. The number of hydrogen-bond acceptors (Lipinski definition) is 2. The first-order chi connectivity index (χ1) is 7.70. The van der Waals surface area contributed by atoms with Crippen LogP contribution >= 0.6 is 0 Å². The number of hydrogen-bond donors (Lipinski definition) is 1. The van der Waals surface area contributed by atoms with Crippen molar-refractivity contribution in [2.45, 2.75) is 44.8 Å². The van der Waals surface area contributed by atoms with Crippen molar-refractivity contribution in [1.29, 1.82) is 0 Å². The Labute approximate surface area is 99.8 Å². The van der Waals surface area contributed by atoms with Gasteiger partial charge in [-0.2, -0.15) is 13.2 Å². The number of rotatable bonds is 7. The number of nitrogens with one attached hydrogen (secondary N) is 1. The summed E-state index contributed by atoms with van der Waals surface area (Å²) in [6.07, 6.45) is 0.375. The summed E-state index contributed by atoms with van der Waals surface area (Å²) in [6.45, 7) is 1.84. The van der Waals surface area contributed by atoms with Crippen molar-refractivity contribution in [3.8, 4) is 12.3 Å². The van der Waals surface area contributed by atoms with E-state index in [4.69, 9.17) is 6.42 Å². The van der Waals surface area contributed by atoms with Crippen molar-refractivity contribution in [2.24, 2.45) is 0 Å². The largest absolute Gasteiger partial charge is 0.389 e. The van der Waals surface area contributed by atoms with Crippen molar-refractivity contribution >= 4 is 10.0 Å². The highest BCUT2D eigenvalue weighted by Gasteiger charge is 2.27. The number of terminal acetylenes is 1. The third-order valence-corrected chi connectivity index (χ3v) is 3.44. The lowest BCUT2D eigenvalue weighted by molar-refractivity contribution is -0.134. The molecule has 0 spiro atoms. The van der Waals surface area contributed by atoms with Gasteiger partial charge in [0.15, 0.2) is 0 Å². The van der Waals surface area contributed by atoms with Gasteiger partial charge in [-0.3, -0.25) is 0 Å². The molecular formula is C10H16F3NO2S. The van der Waals surface area contributed by atoms with Crippen LogP contribution in [0.1, 0.15) is 32.6 Å². The quantitative estimate of drug-likeness (QED) is 0.720. The van der Waals surface area contributed by atoms with Gasteiger partial charge in [-0.05, 0) is 12.8 Å². The third-order valence-electron chi connectivity index (χ3n) is 1.97. The highest BCUT2D eigenvalue weighted by molar-refractivity contribution is 7.89. The maximum Gasteiger partial charge on any atom is 0.389 e. The van der Waals surface area contributed by atoms with Gasteiger partial charge in [-0.15, -0.1) is 6.42 Å². The van der Waals surface area contributed by atoms with Crippen molar-refractivity contribution in [3.05, 3.63) is 0 Å². The molecule has 100 valence electrons. The Morgan fingerprint density at radius 3 is 2.41 bits per heavy atom. The standard InChI is InChI=1S/C10H16F3NO2S/c1-3-6-9(4-2)14-17(15,16)8-5-7-10(11,12)13/h2,9,14H,3,5-8H2,1H3. The van der Waals surface area contributed by atoms with Crippen molar-refractivity contribution in [1.82, 2.24) is 4.72 Å². The predicted molar refractivity (Wildman–Crippen MR) is 59.7 cm³/mol. The van der Waals surface area contributed by atoms with Crippen LogP contribution in [0.3, 0.4) is 0 Å². The van der Waals surface area contributed by atoms with Crippen LogP contribution in [0.15, 0.2) is 0 Å². The van der Waals surface area contributed by atoms with Crippen molar-refractivity contribution in [2.75, 3.05) is 5.75 Å². The molecule has 3 nitrogen and oxygen atoms in total. The maximum absolute atomic E-state index is 11.8. The van der Waals surface area contributed by atoms with E-state index < -0.39 is 40.8 Å². The van der Waals surface area contributed by atoms with E-state index in [1.54, 1.807) is 0 Å². The lowest BCUT2D eigenvalue weighted by Gasteiger charge is -2.12. The molecule has 17 heavy (non-hydrogen) atoms. The molecule has 1 unspecified atom stereocenters. The van der Waals surface area contributed by atoms with Gasteiger partial charge in [0.05, 0.1) is 11.8 Å². The van der Waals surface area contributed by atoms with Crippen LogP contribution in [0.25, 0.3) is 0 Å². The summed E-state index contributed by atoms with van der Waals surface area (Å²) in [7, 11) is -3.73. The van der Waals surface area contributed by atoms with E-state index in [9.17, 15) is 21.6 Å². The molecule has 0 heterocycles. The molecule has 0 saturated heterocycles. The molecular weight excluding hydrogens is 255 g/mol. The van der Waals surface area contributed by atoms with Gasteiger partial charge in [0.2, 0.25) is 10.0 Å². The first-order valence-corrected chi connectivity index (χ1v) is 6.88. The Hall–Kier alpha value is -0.740. The van der Waals surface area contributed by atoms with E-state index >= 15 is 0 Å². The van der Waals surface area contributed by atoms with Crippen LogP contribution < -0.4 is 4.72 Å². The van der Waals surface area contributed by atoms with Crippen LogP contribution in [0, 0.1) is 12.3 Å². The Bertz CT molecular complexity index is 357. The van der Waals surface area contributed by atoms with E-state index in [0.29, 0.717) is 12.8 Å². The topological polar surface area (TPSA) is 46.2 Å². The monoisotopic (exact) mass is 271 g/mol. The number of alkyl halides is 3. The predicted octanol–water partition coefficient (Wildman–Crippen LogP) is 2.05. The van der Waals surface area contributed by atoms with Crippen LogP contribution in [0.2, 0.25) is 0 Å². The molecule has 0 aromatic heterocycles. The average molecular weight is 271 g/mol. The molecule has 0 aliphatic carbocycles. The van der Waals surface area contributed by atoms with Crippen LogP contribution in [0.4, 0.5) is 13.2 Å². The summed E-state index contributed by atoms with van der Waals surface area (Å²) in [5, 5.41) is 0. The second kappa shape index (κ2) is 6.87. The van der Waals surface area contributed by atoms with Gasteiger partial charge in [-0.1, -0.05) is 19.3 Å². The van der Waals surface area contributed by atoms with Gasteiger partial charge >= 0.3 is 6.18 Å². The van der Waals surface area contributed by atoms with Crippen LogP contribution in [-0.2, 0) is 10.0 Å². The third kappa shape index (κ3) is 9.01. The minimum Gasteiger partial charge on any atom is -0.212 e. The highest BCUT2D eigenvalue weighted by atomic mass is 32.2. The molecule has 0 rings (SSSR count). The fourth-order valence-corrected chi connectivity index (χ4v) is 2.46. The SMILES string of the molecule is C#CC(CCC)NS(=O)(=O)CCCC(F)(F)F.